The molecule has 0 aromatic carbocycles. The van der Waals surface area contributed by atoms with E-state index in [1.54, 1.807) is 6.07 Å². The normalized spacial score (nSPS) is 11.8. The van der Waals surface area contributed by atoms with Crippen molar-refractivity contribution in [2.24, 2.45) is 5.14 Å². The first-order valence-electron chi connectivity index (χ1n) is 3.56. The van der Waals surface area contributed by atoms with Crippen LogP contribution in [-0.2, 0) is 10.3 Å². The molecule has 2 aromatic rings. The Morgan fingerprint density at radius 2 is 2.29 bits per heavy atom. The van der Waals surface area contributed by atoms with Crippen LogP contribution < -0.4 is 9.42 Å². The Labute approximate surface area is 79.3 Å². The van der Waals surface area contributed by atoms with Crippen LogP contribution in [0.1, 0.15) is 0 Å². The summed E-state index contributed by atoms with van der Waals surface area (Å²) in [6.07, 6.45) is 4.18. The van der Waals surface area contributed by atoms with E-state index in [4.69, 9.17) is 5.14 Å². The van der Waals surface area contributed by atoms with Gasteiger partial charge in [0.2, 0.25) is 0 Å². The molecule has 0 aliphatic carbocycles. The third-order valence-electron chi connectivity index (χ3n) is 1.50. The van der Waals surface area contributed by atoms with Gasteiger partial charge in [-0.05, 0) is 6.07 Å². The van der Waals surface area contributed by atoms with Crippen molar-refractivity contribution in [1.29, 1.82) is 0 Å². The van der Waals surface area contributed by atoms with E-state index in [2.05, 4.69) is 14.3 Å². The largest absolute Gasteiger partial charge is 0.398 e. The second-order valence-electron chi connectivity index (χ2n) is 2.50. The predicted molar refractivity (Wildman–Crippen MR) is 47.2 cm³/mol. The molecule has 2 heterocycles. The van der Waals surface area contributed by atoms with Gasteiger partial charge in [-0.3, -0.25) is 9.27 Å². The molecule has 0 atom stereocenters. The van der Waals surface area contributed by atoms with E-state index >= 15 is 0 Å². The number of nitrogens with zero attached hydrogens (tertiary/aromatic N) is 3. The van der Waals surface area contributed by atoms with E-state index in [1.165, 1.54) is 18.7 Å². The third-order valence-corrected chi connectivity index (χ3v) is 1.87. The number of pyridine rings is 1. The van der Waals surface area contributed by atoms with Crippen LogP contribution in [0.15, 0.2) is 24.8 Å². The summed E-state index contributed by atoms with van der Waals surface area (Å²) in [6.45, 7) is 0. The Hall–Kier alpha value is -1.67. The van der Waals surface area contributed by atoms with Gasteiger partial charge in [-0.15, -0.1) is 0 Å². The highest BCUT2D eigenvalue weighted by molar-refractivity contribution is 7.84. The first kappa shape index (κ1) is 8.91. The number of fused-ring (bicyclic) bond motifs is 1. The lowest BCUT2D eigenvalue weighted by Gasteiger charge is -2.01. The number of rotatable bonds is 2. The summed E-state index contributed by atoms with van der Waals surface area (Å²) < 4.78 is 26.7. The van der Waals surface area contributed by atoms with Gasteiger partial charge in [-0.1, -0.05) is 0 Å². The van der Waals surface area contributed by atoms with Gasteiger partial charge >= 0.3 is 10.3 Å². The van der Waals surface area contributed by atoms with Gasteiger partial charge in [0.15, 0.2) is 0 Å². The SMILES string of the molecule is NS(=O)(=O)On1cnc2cnccc21. The molecule has 0 aliphatic rings. The molecule has 0 saturated carbocycles. The van der Waals surface area contributed by atoms with Crippen molar-refractivity contribution < 1.29 is 12.7 Å². The van der Waals surface area contributed by atoms with Gasteiger partial charge in [0, 0.05) is 6.20 Å². The summed E-state index contributed by atoms with van der Waals surface area (Å²) in [7, 11) is -4.04. The van der Waals surface area contributed by atoms with Crippen molar-refractivity contribution in [3.63, 3.8) is 0 Å². The second kappa shape index (κ2) is 2.93. The first-order valence-corrected chi connectivity index (χ1v) is 5.03. The number of aromatic nitrogens is 3. The summed E-state index contributed by atoms with van der Waals surface area (Å²) in [5, 5.41) is 4.70. The van der Waals surface area contributed by atoms with Crippen LogP contribution in [0, 0.1) is 0 Å². The van der Waals surface area contributed by atoms with Crippen molar-refractivity contribution in [3.05, 3.63) is 24.8 Å². The van der Waals surface area contributed by atoms with Crippen LogP contribution in [0.4, 0.5) is 0 Å². The number of nitrogens with two attached hydrogens (primary N) is 1. The van der Waals surface area contributed by atoms with Gasteiger partial charge in [-0.25, -0.2) is 4.98 Å². The minimum Gasteiger partial charge on any atom is -0.274 e. The molecule has 0 bridgehead atoms. The van der Waals surface area contributed by atoms with Crippen LogP contribution in [-0.4, -0.2) is 23.1 Å². The van der Waals surface area contributed by atoms with Crippen molar-refractivity contribution in [1.82, 2.24) is 14.7 Å². The molecule has 8 heteroatoms. The molecule has 0 radical (unpaired) electrons. The van der Waals surface area contributed by atoms with Crippen LogP contribution >= 0.6 is 0 Å². The smallest absolute Gasteiger partial charge is 0.274 e. The molecule has 0 saturated heterocycles. The summed E-state index contributed by atoms with van der Waals surface area (Å²) in [4.78, 5) is 7.67. The zero-order valence-corrected chi connectivity index (χ0v) is 7.68. The Morgan fingerprint density at radius 3 is 3.00 bits per heavy atom. The molecule has 74 valence electrons. The van der Waals surface area contributed by atoms with Gasteiger partial charge in [0.05, 0.1) is 6.20 Å². The molecule has 14 heavy (non-hydrogen) atoms. The standard InChI is InChI=1S/C6H6N4O3S/c7-14(11,12)13-10-4-9-5-3-8-2-1-6(5)10/h1-4H,(H2,7,11,12). The summed E-state index contributed by atoms with van der Waals surface area (Å²) >= 11 is 0. The number of imidazole rings is 1. The van der Waals surface area contributed by atoms with Crippen LogP contribution in [0.25, 0.3) is 11.0 Å². The van der Waals surface area contributed by atoms with Crippen LogP contribution in [0.5, 0.6) is 0 Å². The zero-order valence-electron chi connectivity index (χ0n) is 6.86. The minimum absolute atomic E-state index is 0.481. The fourth-order valence-corrected chi connectivity index (χ4v) is 1.36. The molecule has 0 spiro atoms. The quantitative estimate of drug-likeness (QED) is 0.695. The fourth-order valence-electron chi connectivity index (χ4n) is 1.01. The lowest BCUT2D eigenvalue weighted by molar-refractivity contribution is 0.291. The van der Waals surface area contributed by atoms with E-state index in [-0.39, 0.29) is 0 Å². The Kier molecular flexibility index (Phi) is 1.86. The van der Waals surface area contributed by atoms with E-state index in [9.17, 15) is 8.42 Å². The molecule has 0 fully saturated rings. The summed E-state index contributed by atoms with van der Waals surface area (Å²) in [5.41, 5.74) is 1.00. The van der Waals surface area contributed by atoms with E-state index in [0.717, 1.165) is 4.73 Å². The maximum absolute atomic E-state index is 10.6. The van der Waals surface area contributed by atoms with E-state index < -0.39 is 10.3 Å². The van der Waals surface area contributed by atoms with Gasteiger partial charge in [0.1, 0.15) is 17.4 Å². The summed E-state index contributed by atoms with van der Waals surface area (Å²) in [6, 6.07) is 1.56. The highest BCUT2D eigenvalue weighted by Crippen LogP contribution is 2.08. The Balaban J connectivity index is 2.54. The highest BCUT2D eigenvalue weighted by Gasteiger charge is 2.08. The molecule has 2 rings (SSSR count). The lowest BCUT2D eigenvalue weighted by Crippen LogP contribution is -2.26. The molecule has 0 aliphatic heterocycles. The Bertz CT molecular complexity index is 561. The zero-order chi connectivity index (χ0) is 10.2. The lowest BCUT2D eigenvalue weighted by atomic mass is 10.4. The van der Waals surface area contributed by atoms with E-state index in [0.29, 0.717) is 11.0 Å². The van der Waals surface area contributed by atoms with Crippen molar-refractivity contribution in [2.75, 3.05) is 0 Å². The van der Waals surface area contributed by atoms with E-state index in [1.807, 2.05) is 0 Å². The van der Waals surface area contributed by atoms with Crippen molar-refractivity contribution >= 4 is 21.3 Å². The maximum Gasteiger partial charge on any atom is 0.398 e. The monoisotopic (exact) mass is 214 g/mol. The minimum atomic E-state index is -4.04. The second-order valence-corrected chi connectivity index (χ2v) is 3.64. The van der Waals surface area contributed by atoms with Crippen molar-refractivity contribution in [3.8, 4) is 0 Å². The first-order chi connectivity index (χ1) is 6.56. The third kappa shape index (κ3) is 1.65. The maximum atomic E-state index is 10.6. The average Bonchev–Trinajstić information content (AvgIpc) is 2.47. The van der Waals surface area contributed by atoms with Gasteiger partial charge in [0.25, 0.3) is 0 Å². The molecular formula is C6H6N4O3S. The molecule has 7 nitrogen and oxygen atoms in total. The topological polar surface area (TPSA) is 100 Å². The van der Waals surface area contributed by atoms with Gasteiger partial charge < -0.3 is 0 Å². The van der Waals surface area contributed by atoms with Crippen molar-refractivity contribution in [2.45, 2.75) is 0 Å². The molecule has 0 amide bonds. The number of hydrogen-bond donors (Lipinski definition) is 1. The fraction of sp³-hybridized carbons (Fsp3) is 0. The Morgan fingerprint density at radius 1 is 1.50 bits per heavy atom. The average molecular weight is 214 g/mol. The summed E-state index contributed by atoms with van der Waals surface area (Å²) in [5.74, 6) is 0. The predicted octanol–water partition coefficient (Wildman–Crippen LogP) is -0.937. The van der Waals surface area contributed by atoms with Gasteiger partial charge in [-0.2, -0.15) is 18.3 Å². The molecule has 2 N–H and O–H groups in total. The highest BCUT2D eigenvalue weighted by atomic mass is 32.2. The van der Waals surface area contributed by atoms with Crippen LogP contribution in [0.2, 0.25) is 0 Å². The molecular weight excluding hydrogens is 208 g/mol. The van der Waals surface area contributed by atoms with Crippen LogP contribution in [0.3, 0.4) is 0 Å². The molecule has 2 aromatic heterocycles. The molecule has 0 unspecified atom stereocenters. The number of hydrogen-bond acceptors (Lipinski definition) is 5.